The third-order valence-corrected chi connectivity index (χ3v) is 4.06. The van der Waals surface area contributed by atoms with Gasteiger partial charge in [-0.05, 0) is 36.8 Å². The van der Waals surface area contributed by atoms with Gasteiger partial charge in [-0.15, -0.1) is 0 Å². The largest absolute Gasteiger partial charge is 0.380 e. The second-order valence-electron chi connectivity index (χ2n) is 6.36. The highest BCUT2D eigenvalue weighted by atomic mass is 16.5. The van der Waals surface area contributed by atoms with Crippen LogP contribution in [-0.4, -0.2) is 51.3 Å². The highest BCUT2D eigenvalue weighted by Gasteiger charge is 2.21. The van der Waals surface area contributed by atoms with Gasteiger partial charge in [-0.25, -0.2) is 4.99 Å². The van der Waals surface area contributed by atoms with Crippen LogP contribution in [0, 0.1) is 5.92 Å². The maximum Gasteiger partial charge on any atom is 0.194 e. The van der Waals surface area contributed by atoms with Gasteiger partial charge < -0.3 is 19.7 Å². The van der Waals surface area contributed by atoms with Gasteiger partial charge in [0.05, 0.1) is 19.8 Å². The fourth-order valence-electron chi connectivity index (χ4n) is 2.39. The number of hydrogen-bond acceptors (Lipinski definition) is 3. The van der Waals surface area contributed by atoms with Gasteiger partial charge in [0.15, 0.2) is 5.96 Å². The molecule has 0 aliphatic heterocycles. The molecule has 24 heavy (non-hydrogen) atoms. The Bertz CT molecular complexity index is 498. The SMILES string of the molecule is CCNC(=NCc1ccc(COC)cc1)N(C)CCOCC1CC1. The molecule has 5 heteroatoms. The number of ether oxygens (including phenoxy) is 2. The van der Waals surface area contributed by atoms with Crippen LogP contribution in [0.2, 0.25) is 0 Å². The van der Waals surface area contributed by atoms with Gasteiger partial charge >= 0.3 is 0 Å². The van der Waals surface area contributed by atoms with Crippen molar-refractivity contribution in [1.82, 2.24) is 10.2 Å². The molecule has 0 saturated heterocycles. The fraction of sp³-hybridized carbons (Fsp3) is 0.632. The first-order chi connectivity index (χ1) is 11.7. The number of benzene rings is 1. The lowest BCUT2D eigenvalue weighted by atomic mass is 10.1. The van der Waals surface area contributed by atoms with Gasteiger partial charge in [0.2, 0.25) is 0 Å². The van der Waals surface area contributed by atoms with E-state index in [2.05, 4.69) is 48.5 Å². The van der Waals surface area contributed by atoms with Crippen LogP contribution in [0.5, 0.6) is 0 Å². The standard InChI is InChI=1S/C19H31N3O2/c1-4-20-19(22(2)11-12-24-15-18-9-10-18)21-13-16-5-7-17(8-6-16)14-23-3/h5-8,18H,4,9-15H2,1-3H3,(H,20,21). The Morgan fingerprint density at radius 1 is 1.25 bits per heavy atom. The van der Waals surface area contributed by atoms with Crippen molar-refractivity contribution >= 4 is 5.96 Å². The molecule has 0 spiro atoms. The molecule has 1 aliphatic rings. The zero-order valence-corrected chi connectivity index (χ0v) is 15.3. The van der Waals surface area contributed by atoms with E-state index in [0.717, 1.165) is 38.2 Å². The molecule has 0 unspecified atom stereocenters. The van der Waals surface area contributed by atoms with Gasteiger partial charge in [0.1, 0.15) is 0 Å². The molecule has 0 aromatic heterocycles. The van der Waals surface area contributed by atoms with Crippen molar-refractivity contribution in [2.75, 3.05) is 40.5 Å². The van der Waals surface area contributed by atoms with Gasteiger partial charge in [0.25, 0.3) is 0 Å². The molecule has 0 atom stereocenters. The van der Waals surface area contributed by atoms with Crippen LogP contribution in [0.1, 0.15) is 30.9 Å². The number of likely N-dealkylation sites (N-methyl/N-ethyl adjacent to an activating group) is 1. The summed E-state index contributed by atoms with van der Waals surface area (Å²) in [7, 11) is 3.77. The van der Waals surface area contributed by atoms with E-state index in [4.69, 9.17) is 14.5 Å². The summed E-state index contributed by atoms with van der Waals surface area (Å²) in [5, 5.41) is 3.35. The number of aliphatic imine (C=N–C) groups is 1. The van der Waals surface area contributed by atoms with E-state index in [-0.39, 0.29) is 0 Å². The summed E-state index contributed by atoms with van der Waals surface area (Å²) in [6.45, 7) is 6.79. The van der Waals surface area contributed by atoms with Crippen molar-refractivity contribution in [3.05, 3.63) is 35.4 Å². The fourth-order valence-corrected chi connectivity index (χ4v) is 2.39. The summed E-state index contributed by atoms with van der Waals surface area (Å²) >= 11 is 0. The quantitative estimate of drug-likeness (QED) is 0.406. The first kappa shape index (κ1) is 18.7. The molecule has 0 heterocycles. The normalized spacial score (nSPS) is 14.7. The number of guanidine groups is 1. The van der Waals surface area contributed by atoms with Crippen LogP contribution in [0.15, 0.2) is 29.3 Å². The van der Waals surface area contributed by atoms with E-state index < -0.39 is 0 Å². The van der Waals surface area contributed by atoms with Crippen molar-refractivity contribution in [3.8, 4) is 0 Å². The molecule has 134 valence electrons. The van der Waals surface area contributed by atoms with Crippen LogP contribution in [0.25, 0.3) is 0 Å². The van der Waals surface area contributed by atoms with Crippen molar-refractivity contribution in [3.63, 3.8) is 0 Å². The van der Waals surface area contributed by atoms with Crippen molar-refractivity contribution < 1.29 is 9.47 Å². The monoisotopic (exact) mass is 333 g/mol. The van der Waals surface area contributed by atoms with Gasteiger partial charge in [0, 0.05) is 33.9 Å². The minimum absolute atomic E-state index is 0.649. The van der Waals surface area contributed by atoms with Gasteiger partial charge in [-0.2, -0.15) is 0 Å². The first-order valence-electron chi connectivity index (χ1n) is 8.87. The van der Waals surface area contributed by atoms with E-state index in [1.807, 2.05) is 0 Å². The Kier molecular flexibility index (Phi) is 8.05. The van der Waals surface area contributed by atoms with Crippen LogP contribution in [0.4, 0.5) is 0 Å². The molecule has 1 N–H and O–H groups in total. The minimum atomic E-state index is 0.649. The molecular formula is C19H31N3O2. The third kappa shape index (κ3) is 6.89. The zero-order chi connectivity index (χ0) is 17.2. The second-order valence-corrected chi connectivity index (χ2v) is 6.36. The number of methoxy groups -OCH3 is 1. The van der Waals surface area contributed by atoms with Gasteiger partial charge in [-0.1, -0.05) is 24.3 Å². The summed E-state index contributed by atoms with van der Waals surface area (Å²) in [4.78, 5) is 6.86. The molecule has 1 fully saturated rings. The van der Waals surface area contributed by atoms with Crippen LogP contribution in [-0.2, 0) is 22.6 Å². The lowest BCUT2D eigenvalue weighted by Gasteiger charge is -2.22. The van der Waals surface area contributed by atoms with E-state index >= 15 is 0 Å². The topological polar surface area (TPSA) is 46.1 Å². The molecular weight excluding hydrogens is 302 g/mol. The number of nitrogens with one attached hydrogen (secondary N) is 1. The highest BCUT2D eigenvalue weighted by Crippen LogP contribution is 2.28. The zero-order valence-electron chi connectivity index (χ0n) is 15.3. The first-order valence-corrected chi connectivity index (χ1v) is 8.87. The molecule has 1 aliphatic carbocycles. The van der Waals surface area contributed by atoms with E-state index in [1.165, 1.54) is 24.0 Å². The molecule has 5 nitrogen and oxygen atoms in total. The van der Waals surface area contributed by atoms with Gasteiger partial charge in [-0.3, -0.25) is 0 Å². The Morgan fingerprint density at radius 2 is 1.96 bits per heavy atom. The average molecular weight is 333 g/mol. The van der Waals surface area contributed by atoms with E-state index in [1.54, 1.807) is 7.11 Å². The van der Waals surface area contributed by atoms with Crippen molar-refractivity contribution in [2.24, 2.45) is 10.9 Å². The van der Waals surface area contributed by atoms with E-state index in [0.29, 0.717) is 13.2 Å². The minimum Gasteiger partial charge on any atom is -0.380 e. The molecule has 1 saturated carbocycles. The summed E-state index contributed by atoms with van der Waals surface area (Å²) in [5.74, 6) is 1.74. The Hall–Kier alpha value is -1.59. The summed E-state index contributed by atoms with van der Waals surface area (Å²) in [6, 6.07) is 8.41. The van der Waals surface area contributed by atoms with Crippen LogP contribution < -0.4 is 5.32 Å². The van der Waals surface area contributed by atoms with Crippen LogP contribution >= 0.6 is 0 Å². The number of rotatable bonds is 10. The Morgan fingerprint density at radius 3 is 2.58 bits per heavy atom. The predicted octanol–water partition coefficient (Wildman–Crippen LogP) is 2.66. The van der Waals surface area contributed by atoms with Crippen LogP contribution in [0.3, 0.4) is 0 Å². The van der Waals surface area contributed by atoms with Crippen molar-refractivity contribution in [1.29, 1.82) is 0 Å². The smallest absolute Gasteiger partial charge is 0.194 e. The summed E-state index contributed by atoms with van der Waals surface area (Å²) in [5.41, 5.74) is 2.38. The maximum atomic E-state index is 5.72. The molecule has 0 bridgehead atoms. The third-order valence-electron chi connectivity index (χ3n) is 4.06. The molecule has 1 aromatic carbocycles. The molecule has 0 amide bonds. The Balaban J connectivity index is 1.81. The summed E-state index contributed by atoms with van der Waals surface area (Å²) in [6.07, 6.45) is 2.67. The lowest BCUT2D eigenvalue weighted by molar-refractivity contribution is 0.115. The average Bonchev–Trinajstić information content (AvgIpc) is 3.41. The predicted molar refractivity (Wildman–Crippen MR) is 98.1 cm³/mol. The number of nitrogens with zero attached hydrogens (tertiary/aromatic N) is 2. The molecule has 2 rings (SSSR count). The second kappa shape index (κ2) is 10.3. The highest BCUT2D eigenvalue weighted by molar-refractivity contribution is 5.79. The van der Waals surface area contributed by atoms with E-state index in [9.17, 15) is 0 Å². The number of hydrogen-bond donors (Lipinski definition) is 1. The lowest BCUT2D eigenvalue weighted by Crippen LogP contribution is -2.40. The Labute approximate surface area is 146 Å². The maximum absolute atomic E-state index is 5.72. The molecule has 1 aromatic rings. The summed E-state index contributed by atoms with van der Waals surface area (Å²) < 4.78 is 10.9. The molecule has 0 radical (unpaired) electrons. The van der Waals surface area contributed by atoms with Crippen molar-refractivity contribution in [2.45, 2.75) is 32.9 Å².